The highest BCUT2D eigenvalue weighted by atomic mass is 32.1. The third-order valence-corrected chi connectivity index (χ3v) is 6.18. The first kappa shape index (κ1) is 18.9. The average molecular weight is 390 g/mol. The first-order valence-corrected chi connectivity index (χ1v) is 10.9. The van der Waals surface area contributed by atoms with E-state index >= 15 is 0 Å². The number of hydrogen-bond donors (Lipinski definition) is 1. The van der Waals surface area contributed by atoms with Crippen LogP contribution in [-0.2, 0) is 6.42 Å². The third kappa shape index (κ3) is 4.33. The number of hydrogen-bond acceptors (Lipinski definition) is 4. The molecule has 1 aromatic heterocycles. The number of thiazole rings is 1. The summed E-state index contributed by atoms with van der Waals surface area (Å²) < 4.78 is 0. The standard InChI is InChI=1S/C24H27N3S/c1-16-7-9-19(10-8-16)22-15-28-24(27-22)14-20-12-18(3)21(13-17(20)2)26-23-6-4-5-11-25-23/h7-10,12-13,15H,4-6,11,14H2,1-3H3,(H,25,26). The number of aliphatic imine (C=N–C) groups is 1. The molecule has 1 aliphatic heterocycles. The van der Waals surface area contributed by atoms with Gasteiger partial charge in [0.1, 0.15) is 5.84 Å². The van der Waals surface area contributed by atoms with Gasteiger partial charge in [-0.15, -0.1) is 11.3 Å². The zero-order valence-electron chi connectivity index (χ0n) is 16.9. The molecule has 0 fully saturated rings. The number of rotatable bonds is 4. The van der Waals surface area contributed by atoms with Crippen molar-refractivity contribution in [1.82, 2.24) is 4.98 Å². The van der Waals surface area contributed by atoms with E-state index in [-0.39, 0.29) is 0 Å². The second-order valence-corrected chi connectivity index (χ2v) is 8.62. The van der Waals surface area contributed by atoms with Crippen LogP contribution in [0.25, 0.3) is 11.3 Å². The van der Waals surface area contributed by atoms with Crippen molar-refractivity contribution in [2.45, 2.75) is 46.5 Å². The molecule has 0 atom stereocenters. The molecule has 0 unspecified atom stereocenters. The van der Waals surface area contributed by atoms with Gasteiger partial charge in [-0.2, -0.15) is 0 Å². The fraction of sp³-hybridized carbons (Fsp3) is 0.333. The summed E-state index contributed by atoms with van der Waals surface area (Å²) in [6, 6.07) is 13.1. The van der Waals surface area contributed by atoms with Gasteiger partial charge in [0, 0.05) is 36.0 Å². The van der Waals surface area contributed by atoms with E-state index < -0.39 is 0 Å². The number of aromatic nitrogens is 1. The summed E-state index contributed by atoms with van der Waals surface area (Å²) in [6.45, 7) is 7.43. The van der Waals surface area contributed by atoms with Crippen molar-refractivity contribution < 1.29 is 0 Å². The molecule has 3 nitrogen and oxygen atoms in total. The minimum atomic E-state index is 0.879. The van der Waals surface area contributed by atoms with Crippen LogP contribution < -0.4 is 5.32 Å². The van der Waals surface area contributed by atoms with Gasteiger partial charge in [0.05, 0.1) is 10.7 Å². The predicted molar refractivity (Wildman–Crippen MR) is 121 cm³/mol. The summed E-state index contributed by atoms with van der Waals surface area (Å²) in [5.74, 6) is 1.13. The molecule has 0 saturated heterocycles. The van der Waals surface area contributed by atoms with Crippen LogP contribution in [0.3, 0.4) is 0 Å². The molecular weight excluding hydrogens is 362 g/mol. The van der Waals surface area contributed by atoms with Crippen LogP contribution in [0.5, 0.6) is 0 Å². The van der Waals surface area contributed by atoms with Gasteiger partial charge in [0.15, 0.2) is 0 Å². The Morgan fingerprint density at radius 3 is 2.57 bits per heavy atom. The van der Waals surface area contributed by atoms with Gasteiger partial charge in [-0.05, 0) is 56.4 Å². The van der Waals surface area contributed by atoms with E-state index in [2.05, 4.69) is 72.9 Å². The number of anilines is 1. The number of amidine groups is 1. The van der Waals surface area contributed by atoms with Crippen LogP contribution in [-0.4, -0.2) is 17.4 Å². The van der Waals surface area contributed by atoms with E-state index in [1.54, 1.807) is 11.3 Å². The summed E-state index contributed by atoms with van der Waals surface area (Å²) >= 11 is 1.74. The molecule has 0 spiro atoms. The maximum absolute atomic E-state index is 4.88. The number of nitrogens with one attached hydrogen (secondary N) is 1. The normalized spacial score (nSPS) is 14.0. The molecule has 2 heterocycles. The van der Waals surface area contributed by atoms with E-state index in [4.69, 9.17) is 4.98 Å². The summed E-state index contributed by atoms with van der Waals surface area (Å²) in [5.41, 5.74) is 8.63. The van der Waals surface area contributed by atoms with Gasteiger partial charge in [-0.1, -0.05) is 35.9 Å². The summed E-state index contributed by atoms with van der Waals surface area (Å²) in [4.78, 5) is 9.50. The lowest BCUT2D eigenvalue weighted by Gasteiger charge is -2.17. The minimum absolute atomic E-state index is 0.879. The Morgan fingerprint density at radius 2 is 1.82 bits per heavy atom. The predicted octanol–water partition coefficient (Wildman–Crippen LogP) is 6.32. The van der Waals surface area contributed by atoms with Crippen molar-refractivity contribution in [3.8, 4) is 11.3 Å². The van der Waals surface area contributed by atoms with Crippen LogP contribution in [0.1, 0.15) is 46.5 Å². The molecular formula is C24H27N3S. The Balaban J connectivity index is 1.51. The fourth-order valence-corrected chi connectivity index (χ4v) is 4.39. The lowest BCUT2D eigenvalue weighted by atomic mass is 10.0. The molecule has 144 valence electrons. The van der Waals surface area contributed by atoms with Gasteiger partial charge in [-0.25, -0.2) is 4.98 Å². The maximum atomic E-state index is 4.88. The quantitative estimate of drug-likeness (QED) is 0.567. The van der Waals surface area contributed by atoms with Crippen molar-refractivity contribution >= 4 is 22.9 Å². The Kier molecular flexibility index (Phi) is 5.58. The zero-order chi connectivity index (χ0) is 19.5. The highest BCUT2D eigenvalue weighted by Crippen LogP contribution is 2.27. The lowest BCUT2D eigenvalue weighted by molar-refractivity contribution is 0.737. The van der Waals surface area contributed by atoms with Crippen LogP contribution in [0.2, 0.25) is 0 Å². The Bertz CT molecular complexity index is 999. The van der Waals surface area contributed by atoms with Crippen molar-refractivity contribution in [3.63, 3.8) is 0 Å². The molecule has 0 saturated carbocycles. The van der Waals surface area contributed by atoms with E-state index in [0.717, 1.165) is 35.9 Å². The first-order chi connectivity index (χ1) is 13.6. The second kappa shape index (κ2) is 8.27. The Morgan fingerprint density at radius 1 is 1.00 bits per heavy atom. The smallest absolute Gasteiger partial charge is 0.101 e. The monoisotopic (exact) mass is 389 g/mol. The second-order valence-electron chi connectivity index (χ2n) is 7.67. The summed E-state index contributed by atoms with van der Waals surface area (Å²) in [6.07, 6.45) is 4.38. The lowest BCUT2D eigenvalue weighted by Crippen LogP contribution is -2.17. The average Bonchev–Trinajstić information content (AvgIpc) is 3.16. The molecule has 3 aromatic rings. The highest BCUT2D eigenvalue weighted by Gasteiger charge is 2.11. The Hall–Kier alpha value is -2.46. The van der Waals surface area contributed by atoms with Crippen molar-refractivity contribution in [2.24, 2.45) is 4.99 Å². The minimum Gasteiger partial charge on any atom is -0.344 e. The fourth-order valence-electron chi connectivity index (χ4n) is 3.57. The molecule has 0 aliphatic carbocycles. The molecule has 0 radical (unpaired) electrons. The largest absolute Gasteiger partial charge is 0.344 e. The topological polar surface area (TPSA) is 37.3 Å². The van der Waals surface area contributed by atoms with Gasteiger partial charge < -0.3 is 5.32 Å². The summed E-state index contributed by atoms with van der Waals surface area (Å²) in [5, 5.41) is 6.88. The van der Waals surface area contributed by atoms with Gasteiger partial charge in [0.25, 0.3) is 0 Å². The molecule has 0 bridgehead atoms. The first-order valence-electron chi connectivity index (χ1n) is 10.0. The zero-order valence-corrected chi connectivity index (χ0v) is 17.7. The molecule has 1 aliphatic rings. The van der Waals surface area contributed by atoms with Crippen LogP contribution in [0.4, 0.5) is 5.69 Å². The van der Waals surface area contributed by atoms with E-state index in [9.17, 15) is 0 Å². The van der Waals surface area contributed by atoms with Crippen molar-refractivity contribution in [1.29, 1.82) is 0 Å². The van der Waals surface area contributed by atoms with Crippen LogP contribution in [0, 0.1) is 20.8 Å². The molecule has 28 heavy (non-hydrogen) atoms. The van der Waals surface area contributed by atoms with Gasteiger partial charge >= 0.3 is 0 Å². The van der Waals surface area contributed by atoms with Gasteiger partial charge in [-0.3, -0.25) is 4.99 Å². The summed E-state index contributed by atoms with van der Waals surface area (Å²) in [7, 11) is 0. The van der Waals surface area contributed by atoms with Crippen LogP contribution in [0.15, 0.2) is 46.8 Å². The Labute approximate surface area is 171 Å². The van der Waals surface area contributed by atoms with Crippen molar-refractivity contribution in [2.75, 3.05) is 11.9 Å². The molecule has 0 amide bonds. The number of benzene rings is 2. The number of aryl methyl sites for hydroxylation is 3. The van der Waals surface area contributed by atoms with E-state index in [0.29, 0.717) is 0 Å². The highest BCUT2D eigenvalue weighted by molar-refractivity contribution is 7.10. The number of nitrogens with zero attached hydrogens (tertiary/aromatic N) is 2. The maximum Gasteiger partial charge on any atom is 0.101 e. The van der Waals surface area contributed by atoms with E-state index in [1.165, 1.54) is 46.3 Å². The van der Waals surface area contributed by atoms with Gasteiger partial charge in [0.2, 0.25) is 0 Å². The molecule has 1 N–H and O–H groups in total. The molecule has 4 heteroatoms. The molecule has 2 aromatic carbocycles. The third-order valence-electron chi connectivity index (χ3n) is 5.33. The SMILES string of the molecule is Cc1ccc(-c2csc(Cc3cc(C)c(NC4=NCCCC4)cc3C)n2)cc1. The van der Waals surface area contributed by atoms with E-state index in [1.807, 2.05) is 0 Å². The van der Waals surface area contributed by atoms with Crippen LogP contribution >= 0.6 is 11.3 Å². The molecule has 4 rings (SSSR count). The van der Waals surface area contributed by atoms with Crippen molar-refractivity contribution in [3.05, 3.63) is 69.0 Å².